The van der Waals surface area contributed by atoms with Crippen molar-refractivity contribution in [1.82, 2.24) is 5.32 Å². The van der Waals surface area contributed by atoms with Crippen molar-refractivity contribution in [3.8, 4) is 0 Å². The first-order valence-electron chi connectivity index (χ1n) is 7.93. The van der Waals surface area contributed by atoms with E-state index in [0.717, 1.165) is 10.5 Å². The molecule has 2 aromatic carbocycles. The van der Waals surface area contributed by atoms with Gasteiger partial charge in [-0.2, -0.15) is 0 Å². The first-order chi connectivity index (χ1) is 12.4. The van der Waals surface area contributed by atoms with Gasteiger partial charge in [0.05, 0.1) is 5.69 Å². The molecule has 1 heterocycles. The molecule has 7 nitrogen and oxygen atoms in total. The Morgan fingerprint density at radius 2 is 1.85 bits per heavy atom. The predicted molar refractivity (Wildman–Crippen MR) is 99.3 cm³/mol. The first kappa shape index (κ1) is 17.2. The highest BCUT2D eigenvalue weighted by molar-refractivity contribution is 6.28. The number of urea groups is 1. The fourth-order valence-corrected chi connectivity index (χ4v) is 2.69. The lowest BCUT2D eigenvalue weighted by Crippen LogP contribution is -2.59. The lowest BCUT2D eigenvalue weighted by Gasteiger charge is -2.31. The van der Waals surface area contributed by atoms with Crippen LogP contribution in [-0.4, -0.2) is 17.8 Å². The number of carbonyl (C=O) groups excluding carboxylic acids is 3. The Morgan fingerprint density at radius 1 is 1.15 bits per heavy atom. The van der Waals surface area contributed by atoms with E-state index in [1.165, 1.54) is 0 Å². The molecular weight excluding hydrogens is 332 g/mol. The molecule has 0 unspecified atom stereocenters. The number of benzene rings is 2. The number of nitrogens with two attached hydrogens (primary N) is 1. The standard InChI is InChI=1S/C19H18N4O3/c1-11-6-8-15(9-7-11)23-18(25)16(17(24)22-19(23)26)12(2)21-14-5-3-4-13(20)10-14/h3-10,16,21H,2,20H2,1H3,(H,22,24,26)/t16-/m1/s1. The van der Waals surface area contributed by atoms with Gasteiger partial charge in [-0.3, -0.25) is 14.9 Å². The molecule has 7 heteroatoms. The number of anilines is 3. The van der Waals surface area contributed by atoms with E-state index < -0.39 is 23.8 Å². The molecule has 4 N–H and O–H groups in total. The molecule has 1 fully saturated rings. The Kier molecular flexibility index (Phi) is 4.45. The van der Waals surface area contributed by atoms with Crippen LogP contribution in [0, 0.1) is 12.8 Å². The third kappa shape index (κ3) is 3.27. The molecule has 0 radical (unpaired) electrons. The van der Waals surface area contributed by atoms with Crippen molar-refractivity contribution in [1.29, 1.82) is 0 Å². The summed E-state index contributed by atoms with van der Waals surface area (Å²) in [7, 11) is 0. The first-order valence-corrected chi connectivity index (χ1v) is 7.93. The van der Waals surface area contributed by atoms with Crippen molar-refractivity contribution in [2.24, 2.45) is 5.92 Å². The van der Waals surface area contributed by atoms with Crippen molar-refractivity contribution in [3.63, 3.8) is 0 Å². The van der Waals surface area contributed by atoms with Gasteiger partial charge in [0, 0.05) is 17.1 Å². The van der Waals surface area contributed by atoms with Crippen LogP contribution in [0.2, 0.25) is 0 Å². The number of barbiturate groups is 1. The van der Waals surface area contributed by atoms with Crippen LogP contribution in [0.25, 0.3) is 0 Å². The van der Waals surface area contributed by atoms with E-state index in [0.29, 0.717) is 17.1 Å². The maximum atomic E-state index is 12.8. The van der Waals surface area contributed by atoms with Gasteiger partial charge in [0.15, 0.2) is 5.92 Å². The van der Waals surface area contributed by atoms with Gasteiger partial charge in [-0.05, 0) is 37.3 Å². The third-order valence-electron chi connectivity index (χ3n) is 3.99. The fourth-order valence-electron chi connectivity index (χ4n) is 2.69. The van der Waals surface area contributed by atoms with Crippen molar-refractivity contribution < 1.29 is 14.4 Å². The SMILES string of the molecule is C=C(Nc1cccc(N)c1)[C@@H]1C(=O)NC(=O)N(c2ccc(C)cc2)C1=O. The molecule has 1 aliphatic heterocycles. The van der Waals surface area contributed by atoms with Gasteiger partial charge in [0.25, 0.3) is 5.91 Å². The molecule has 1 saturated heterocycles. The highest BCUT2D eigenvalue weighted by atomic mass is 16.2. The van der Waals surface area contributed by atoms with Crippen LogP contribution in [0.1, 0.15) is 5.56 Å². The fraction of sp³-hybridized carbons (Fsp3) is 0.105. The van der Waals surface area contributed by atoms with Gasteiger partial charge < -0.3 is 11.1 Å². The Labute approximate surface area is 150 Å². The normalized spacial score (nSPS) is 17.0. The number of carbonyl (C=O) groups is 3. The Balaban J connectivity index is 1.87. The highest BCUT2D eigenvalue weighted by Crippen LogP contribution is 2.25. The van der Waals surface area contributed by atoms with Crippen molar-refractivity contribution in [2.75, 3.05) is 16.0 Å². The van der Waals surface area contributed by atoms with E-state index in [-0.39, 0.29) is 5.70 Å². The molecule has 0 aliphatic carbocycles. The summed E-state index contributed by atoms with van der Waals surface area (Å²) < 4.78 is 0. The molecule has 2 aromatic rings. The van der Waals surface area contributed by atoms with Crippen LogP contribution in [0.4, 0.5) is 21.9 Å². The van der Waals surface area contributed by atoms with Gasteiger partial charge >= 0.3 is 6.03 Å². The number of rotatable bonds is 4. The van der Waals surface area contributed by atoms with Gasteiger partial charge in [-0.15, -0.1) is 0 Å². The number of nitrogens with zero attached hydrogens (tertiary/aromatic N) is 1. The van der Waals surface area contributed by atoms with E-state index in [2.05, 4.69) is 17.2 Å². The van der Waals surface area contributed by atoms with Crippen LogP contribution in [0.3, 0.4) is 0 Å². The zero-order valence-corrected chi connectivity index (χ0v) is 14.2. The lowest BCUT2D eigenvalue weighted by molar-refractivity contribution is -0.132. The monoisotopic (exact) mass is 350 g/mol. The number of hydrogen-bond acceptors (Lipinski definition) is 5. The zero-order chi connectivity index (χ0) is 18.8. The minimum Gasteiger partial charge on any atom is -0.399 e. The minimum atomic E-state index is -1.24. The average molecular weight is 350 g/mol. The molecule has 3 rings (SSSR count). The minimum absolute atomic E-state index is 0.155. The summed E-state index contributed by atoms with van der Waals surface area (Å²) in [6.45, 7) is 5.69. The lowest BCUT2D eigenvalue weighted by atomic mass is 10.0. The Bertz CT molecular complexity index is 905. The smallest absolute Gasteiger partial charge is 0.335 e. The molecule has 0 saturated carbocycles. The summed E-state index contributed by atoms with van der Waals surface area (Å²) in [6, 6.07) is 12.9. The molecule has 1 atom stereocenters. The second-order valence-electron chi connectivity index (χ2n) is 6.01. The molecule has 26 heavy (non-hydrogen) atoms. The summed E-state index contributed by atoms with van der Waals surface area (Å²) in [5.74, 6) is -2.62. The molecule has 4 amide bonds. The number of aryl methyl sites for hydroxylation is 1. The summed E-state index contributed by atoms with van der Waals surface area (Å²) >= 11 is 0. The number of nitrogen functional groups attached to an aromatic ring is 1. The Morgan fingerprint density at radius 3 is 2.50 bits per heavy atom. The summed E-state index contributed by atoms with van der Waals surface area (Å²) in [4.78, 5) is 38.2. The number of hydrogen-bond donors (Lipinski definition) is 3. The second kappa shape index (κ2) is 6.72. The van der Waals surface area contributed by atoms with Crippen molar-refractivity contribution in [2.45, 2.75) is 6.92 Å². The maximum absolute atomic E-state index is 12.8. The van der Waals surface area contributed by atoms with Gasteiger partial charge in [0.1, 0.15) is 0 Å². The Hall–Kier alpha value is -3.61. The van der Waals surface area contributed by atoms with Crippen LogP contribution in [0.5, 0.6) is 0 Å². The number of imide groups is 2. The number of nitrogens with one attached hydrogen (secondary N) is 2. The van der Waals surface area contributed by atoms with Gasteiger partial charge in [-0.1, -0.05) is 30.3 Å². The van der Waals surface area contributed by atoms with Crippen LogP contribution in [-0.2, 0) is 9.59 Å². The van der Waals surface area contributed by atoms with Gasteiger partial charge in [0.2, 0.25) is 5.91 Å². The zero-order valence-electron chi connectivity index (χ0n) is 14.2. The molecule has 0 spiro atoms. The van der Waals surface area contributed by atoms with Crippen LogP contribution in [0.15, 0.2) is 60.8 Å². The van der Waals surface area contributed by atoms with E-state index in [9.17, 15) is 14.4 Å². The molecule has 1 aliphatic rings. The largest absolute Gasteiger partial charge is 0.399 e. The second-order valence-corrected chi connectivity index (χ2v) is 6.01. The highest BCUT2D eigenvalue weighted by Gasteiger charge is 2.42. The van der Waals surface area contributed by atoms with Crippen molar-refractivity contribution in [3.05, 3.63) is 66.4 Å². The topological polar surface area (TPSA) is 105 Å². The molecule has 132 valence electrons. The van der Waals surface area contributed by atoms with E-state index in [4.69, 9.17) is 5.73 Å². The molecule has 0 aromatic heterocycles. The number of amides is 4. The van der Waals surface area contributed by atoms with Gasteiger partial charge in [-0.25, -0.2) is 9.69 Å². The summed E-state index contributed by atoms with van der Waals surface area (Å²) in [5, 5.41) is 5.12. The summed E-state index contributed by atoms with van der Waals surface area (Å²) in [5.41, 5.74) is 8.37. The quantitative estimate of drug-likeness (QED) is 0.580. The van der Waals surface area contributed by atoms with E-state index >= 15 is 0 Å². The van der Waals surface area contributed by atoms with Crippen LogP contribution >= 0.6 is 0 Å². The average Bonchev–Trinajstić information content (AvgIpc) is 2.56. The van der Waals surface area contributed by atoms with E-state index in [1.54, 1.807) is 48.5 Å². The molecule has 0 bridgehead atoms. The third-order valence-corrected chi connectivity index (χ3v) is 3.99. The van der Waals surface area contributed by atoms with Crippen molar-refractivity contribution >= 4 is 34.9 Å². The summed E-state index contributed by atoms with van der Waals surface area (Å²) in [6.07, 6.45) is 0. The maximum Gasteiger partial charge on any atom is 0.335 e. The molecular formula is C19H18N4O3. The predicted octanol–water partition coefficient (Wildman–Crippen LogP) is 2.40. The van der Waals surface area contributed by atoms with E-state index in [1.807, 2.05) is 6.92 Å². The van der Waals surface area contributed by atoms with Crippen LogP contribution < -0.4 is 21.3 Å².